The van der Waals surface area contributed by atoms with E-state index in [2.05, 4.69) is 12.2 Å². The smallest absolute Gasteiger partial charge is 0.326 e. The molecule has 0 aromatic carbocycles. The molecule has 4 rings (SSSR count). The number of nitrogens with one attached hydrogen (secondary N) is 1. The summed E-state index contributed by atoms with van der Waals surface area (Å²) in [7, 11) is 0. The molecular formula is C16H25NO4. The molecule has 21 heavy (non-hydrogen) atoms. The Bertz CT molecular complexity index is 447. The molecule has 0 radical (unpaired) electrons. The summed E-state index contributed by atoms with van der Waals surface area (Å²) in [6, 6.07) is -0.969. The molecule has 0 aliphatic heterocycles. The molecule has 0 heterocycles. The lowest BCUT2D eigenvalue weighted by Crippen LogP contribution is -2.58. The van der Waals surface area contributed by atoms with Crippen molar-refractivity contribution >= 4 is 11.9 Å². The Morgan fingerprint density at radius 2 is 1.86 bits per heavy atom. The second-order valence-electron chi connectivity index (χ2n) is 7.93. The standard InChI is InChI=1S/C16H25NO4/c1-15-5-10-4-11(6-15)8-16(7-10,9-15)14(21)17-12(2-3-18)13(19)20/h10-12,18H,2-9H2,1H3,(H,17,21)(H,19,20). The third-order valence-electron chi connectivity index (χ3n) is 5.86. The van der Waals surface area contributed by atoms with E-state index >= 15 is 0 Å². The van der Waals surface area contributed by atoms with Crippen LogP contribution in [0, 0.1) is 22.7 Å². The van der Waals surface area contributed by atoms with Gasteiger partial charge in [-0.15, -0.1) is 0 Å². The maximum Gasteiger partial charge on any atom is 0.326 e. The molecule has 0 saturated heterocycles. The van der Waals surface area contributed by atoms with Crippen LogP contribution in [0.3, 0.4) is 0 Å². The Labute approximate surface area is 125 Å². The highest BCUT2D eigenvalue weighted by atomic mass is 16.4. The minimum Gasteiger partial charge on any atom is -0.480 e. The molecule has 4 bridgehead atoms. The molecular weight excluding hydrogens is 270 g/mol. The van der Waals surface area contributed by atoms with E-state index in [1.165, 1.54) is 19.3 Å². The maximum absolute atomic E-state index is 12.8. The first-order valence-electron chi connectivity index (χ1n) is 8.00. The molecule has 3 N–H and O–H groups in total. The summed E-state index contributed by atoms with van der Waals surface area (Å²) in [5, 5.41) is 20.8. The number of hydrogen-bond donors (Lipinski definition) is 3. The molecule has 0 spiro atoms. The van der Waals surface area contributed by atoms with Gasteiger partial charge in [0.05, 0.1) is 5.41 Å². The predicted molar refractivity (Wildman–Crippen MR) is 76.5 cm³/mol. The number of carboxylic acids is 1. The van der Waals surface area contributed by atoms with E-state index in [1.807, 2.05) is 0 Å². The third kappa shape index (κ3) is 2.56. The molecule has 4 saturated carbocycles. The van der Waals surface area contributed by atoms with E-state index < -0.39 is 12.0 Å². The van der Waals surface area contributed by atoms with Gasteiger partial charge < -0.3 is 15.5 Å². The fourth-order valence-corrected chi connectivity index (χ4v) is 5.68. The van der Waals surface area contributed by atoms with Crippen LogP contribution in [0.15, 0.2) is 0 Å². The van der Waals surface area contributed by atoms with Gasteiger partial charge in [-0.3, -0.25) is 4.79 Å². The minimum absolute atomic E-state index is 0.0707. The van der Waals surface area contributed by atoms with Crippen molar-refractivity contribution in [1.82, 2.24) is 5.32 Å². The fraction of sp³-hybridized carbons (Fsp3) is 0.875. The predicted octanol–water partition coefficient (Wildman–Crippen LogP) is 1.54. The van der Waals surface area contributed by atoms with Crippen molar-refractivity contribution in [3.8, 4) is 0 Å². The van der Waals surface area contributed by atoms with Crippen LogP contribution >= 0.6 is 0 Å². The Morgan fingerprint density at radius 3 is 2.33 bits per heavy atom. The van der Waals surface area contributed by atoms with Crippen LogP contribution in [0.25, 0.3) is 0 Å². The molecule has 4 fully saturated rings. The van der Waals surface area contributed by atoms with E-state index in [1.54, 1.807) is 0 Å². The van der Waals surface area contributed by atoms with E-state index in [0.29, 0.717) is 11.8 Å². The van der Waals surface area contributed by atoms with Gasteiger partial charge in [0, 0.05) is 13.0 Å². The molecule has 5 nitrogen and oxygen atoms in total. The zero-order valence-electron chi connectivity index (χ0n) is 12.6. The van der Waals surface area contributed by atoms with Crippen molar-refractivity contribution in [2.75, 3.05) is 6.61 Å². The third-order valence-corrected chi connectivity index (χ3v) is 5.86. The van der Waals surface area contributed by atoms with E-state index in [4.69, 9.17) is 10.2 Å². The highest BCUT2D eigenvalue weighted by molar-refractivity contribution is 5.87. The van der Waals surface area contributed by atoms with Crippen LogP contribution in [0.5, 0.6) is 0 Å². The lowest BCUT2D eigenvalue weighted by atomic mass is 9.44. The lowest BCUT2D eigenvalue weighted by molar-refractivity contribution is -0.158. The highest BCUT2D eigenvalue weighted by Gasteiger charge is 2.59. The molecule has 3 unspecified atom stereocenters. The molecule has 118 valence electrons. The van der Waals surface area contributed by atoms with Crippen molar-refractivity contribution in [3.63, 3.8) is 0 Å². The molecule has 5 heteroatoms. The Kier molecular flexibility index (Phi) is 3.51. The molecule has 3 atom stereocenters. The summed E-state index contributed by atoms with van der Waals surface area (Å²) in [5.74, 6) is 0.100. The largest absolute Gasteiger partial charge is 0.480 e. The average molecular weight is 295 g/mol. The lowest BCUT2D eigenvalue weighted by Gasteiger charge is -2.60. The summed E-state index contributed by atoms with van der Waals surface area (Å²) in [6.07, 6.45) is 6.47. The molecule has 1 amide bonds. The van der Waals surface area contributed by atoms with E-state index in [-0.39, 0.29) is 29.8 Å². The first kappa shape index (κ1) is 14.8. The van der Waals surface area contributed by atoms with Gasteiger partial charge in [0.15, 0.2) is 0 Å². The van der Waals surface area contributed by atoms with Crippen molar-refractivity contribution in [2.45, 2.75) is 57.9 Å². The van der Waals surface area contributed by atoms with Crippen LogP contribution in [-0.2, 0) is 9.59 Å². The SMILES string of the molecule is CC12CC3CC(C1)CC(C(=O)NC(CCO)C(=O)O)(C3)C2. The summed E-state index contributed by atoms with van der Waals surface area (Å²) in [4.78, 5) is 24.0. The van der Waals surface area contributed by atoms with Crippen LogP contribution in [0.2, 0.25) is 0 Å². The van der Waals surface area contributed by atoms with Crippen LogP contribution in [0.1, 0.15) is 51.9 Å². The van der Waals surface area contributed by atoms with Gasteiger partial charge in [0.25, 0.3) is 0 Å². The van der Waals surface area contributed by atoms with Crippen LogP contribution in [-0.4, -0.2) is 34.7 Å². The van der Waals surface area contributed by atoms with Gasteiger partial charge in [0.2, 0.25) is 5.91 Å². The zero-order chi connectivity index (χ0) is 15.3. The fourth-order valence-electron chi connectivity index (χ4n) is 5.68. The van der Waals surface area contributed by atoms with Crippen molar-refractivity contribution < 1.29 is 19.8 Å². The number of aliphatic carboxylic acids is 1. The number of aliphatic hydroxyl groups excluding tert-OH is 1. The monoisotopic (exact) mass is 295 g/mol. The summed E-state index contributed by atoms with van der Waals surface area (Å²) in [5.41, 5.74) is -0.0981. The Balaban J connectivity index is 1.76. The highest BCUT2D eigenvalue weighted by Crippen LogP contribution is 2.65. The minimum atomic E-state index is -1.06. The van der Waals surface area contributed by atoms with Crippen molar-refractivity contribution in [3.05, 3.63) is 0 Å². The molecule has 4 aliphatic rings. The number of hydrogen-bond acceptors (Lipinski definition) is 3. The van der Waals surface area contributed by atoms with Crippen LogP contribution < -0.4 is 5.32 Å². The van der Waals surface area contributed by atoms with Gasteiger partial charge in [-0.05, 0) is 55.8 Å². The summed E-state index contributed by atoms with van der Waals surface area (Å²) >= 11 is 0. The van der Waals surface area contributed by atoms with E-state index in [9.17, 15) is 9.59 Å². The summed E-state index contributed by atoms with van der Waals surface area (Å²) in [6.45, 7) is 2.06. The van der Waals surface area contributed by atoms with E-state index in [0.717, 1.165) is 19.3 Å². The second kappa shape index (κ2) is 4.97. The van der Waals surface area contributed by atoms with Gasteiger partial charge in [-0.2, -0.15) is 0 Å². The number of carbonyl (C=O) groups is 2. The molecule has 0 aromatic heterocycles. The molecule has 4 aliphatic carbocycles. The number of aliphatic hydroxyl groups is 1. The molecule has 0 aromatic rings. The normalized spacial score (nSPS) is 41.8. The van der Waals surface area contributed by atoms with Gasteiger partial charge in [-0.1, -0.05) is 6.92 Å². The van der Waals surface area contributed by atoms with Crippen molar-refractivity contribution in [2.24, 2.45) is 22.7 Å². The second-order valence-corrected chi connectivity index (χ2v) is 7.93. The average Bonchev–Trinajstić information content (AvgIpc) is 2.34. The number of rotatable bonds is 5. The van der Waals surface area contributed by atoms with Gasteiger partial charge in [-0.25, -0.2) is 4.79 Å². The van der Waals surface area contributed by atoms with Crippen molar-refractivity contribution in [1.29, 1.82) is 0 Å². The number of carbonyl (C=O) groups excluding carboxylic acids is 1. The summed E-state index contributed by atoms with van der Waals surface area (Å²) < 4.78 is 0. The first-order chi connectivity index (χ1) is 9.86. The zero-order valence-corrected chi connectivity index (χ0v) is 12.6. The first-order valence-corrected chi connectivity index (χ1v) is 8.00. The quantitative estimate of drug-likeness (QED) is 0.718. The maximum atomic E-state index is 12.8. The van der Waals surface area contributed by atoms with Gasteiger partial charge in [0.1, 0.15) is 6.04 Å². The van der Waals surface area contributed by atoms with Crippen LogP contribution in [0.4, 0.5) is 0 Å². The topological polar surface area (TPSA) is 86.6 Å². The number of amides is 1. The Hall–Kier alpha value is -1.10. The number of carboxylic acid groups (broad SMARTS) is 1. The Morgan fingerprint density at radius 1 is 1.24 bits per heavy atom. The van der Waals surface area contributed by atoms with Gasteiger partial charge >= 0.3 is 5.97 Å².